The summed E-state index contributed by atoms with van der Waals surface area (Å²) in [5.74, 6) is -3.11. The summed E-state index contributed by atoms with van der Waals surface area (Å²) in [6, 6.07) is 12.7. The predicted octanol–water partition coefficient (Wildman–Crippen LogP) is 3.76. The van der Waals surface area contributed by atoms with Crippen molar-refractivity contribution >= 4 is 40.6 Å². The third-order valence-electron chi connectivity index (χ3n) is 3.58. The SMILES string of the molecule is O=C(CC1Nc2ccccc2NC1=O)Nc1ccc(SC(F)F)cc1. The lowest BCUT2D eigenvalue weighted by Crippen LogP contribution is -2.41. The quantitative estimate of drug-likeness (QED) is 0.708. The van der Waals surface area contributed by atoms with Gasteiger partial charge in [-0.25, -0.2) is 0 Å². The Bertz CT molecular complexity index is 784. The first-order valence-corrected chi connectivity index (χ1v) is 8.40. The van der Waals surface area contributed by atoms with Crippen molar-refractivity contribution in [2.24, 2.45) is 0 Å². The normalized spacial score (nSPS) is 16.0. The molecule has 0 saturated carbocycles. The highest BCUT2D eigenvalue weighted by Gasteiger charge is 2.27. The molecule has 0 fully saturated rings. The molecule has 2 aromatic rings. The summed E-state index contributed by atoms with van der Waals surface area (Å²) < 4.78 is 24.6. The van der Waals surface area contributed by atoms with Gasteiger partial charge in [0, 0.05) is 10.6 Å². The smallest absolute Gasteiger partial charge is 0.288 e. The Kier molecular flexibility index (Phi) is 5.18. The number of benzene rings is 2. The lowest BCUT2D eigenvalue weighted by atomic mass is 10.1. The number of para-hydroxylation sites is 2. The molecule has 3 N–H and O–H groups in total. The average molecular weight is 363 g/mol. The number of carbonyl (C=O) groups excluding carboxylic acids is 2. The molecule has 0 bridgehead atoms. The van der Waals surface area contributed by atoms with E-state index in [9.17, 15) is 18.4 Å². The fraction of sp³-hybridized carbons (Fsp3) is 0.176. The molecular weight excluding hydrogens is 348 g/mol. The number of carbonyl (C=O) groups is 2. The third kappa shape index (κ3) is 4.48. The molecule has 2 aromatic carbocycles. The Morgan fingerprint density at radius 2 is 1.80 bits per heavy atom. The second-order valence-corrected chi connectivity index (χ2v) is 6.45. The molecule has 25 heavy (non-hydrogen) atoms. The summed E-state index contributed by atoms with van der Waals surface area (Å²) in [4.78, 5) is 24.6. The lowest BCUT2D eigenvalue weighted by molar-refractivity contribution is -0.122. The van der Waals surface area contributed by atoms with E-state index in [1.165, 1.54) is 12.1 Å². The van der Waals surface area contributed by atoms with Crippen molar-refractivity contribution in [2.45, 2.75) is 23.1 Å². The lowest BCUT2D eigenvalue weighted by Gasteiger charge is -2.26. The van der Waals surface area contributed by atoms with Crippen molar-refractivity contribution in [3.63, 3.8) is 0 Å². The number of alkyl halides is 2. The van der Waals surface area contributed by atoms with Gasteiger partial charge in [-0.3, -0.25) is 9.59 Å². The third-order valence-corrected chi connectivity index (χ3v) is 4.31. The van der Waals surface area contributed by atoms with E-state index in [2.05, 4.69) is 16.0 Å². The monoisotopic (exact) mass is 363 g/mol. The fourth-order valence-corrected chi connectivity index (χ4v) is 2.95. The van der Waals surface area contributed by atoms with Gasteiger partial charge in [0.15, 0.2) is 0 Å². The Morgan fingerprint density at radius 1 is 1.12 bits per heavy atom. The van der Waals surface area contributed by atoms with E-state index < -0.39 is 11.8 Å². The molecule has 0 radical (unpaired) electrons. The minimum absolute atomic E-state index is 0.0479. The maximum Gasteiger partial charge on any atom is 0.288 e. The van der Waals surface area contributed by atoms with Gasteiger partial charge in [-0.1, -0.05) is 23.9 Å². The Morgan fingerprint density at radius 3 is 2.48 bits per heavy atom. The van der Waals surface area contributed by atoms with Gasteiger partial charge in [-0.2, -0.15) is 8.78 Å². The van der Waals surface area contributed by atoms with Crippen molar-refractivity contribution in [3.8, 4) is 0 Å². The highest BCUT2D eigenvalue weighted by Crippen LogP contribution is 2.28. The van der Waals surface area contributed by atoms with E-state index in [4.69, 9.17) is 0 Å². The minimum atomic E-state index is -2.49. The van der Waals surface area contributed by atoms with Crippen LogP contribution in [0.3, 0.4) is 0 Å². The maximum atomic E-state index is 12.3. The van der Waals surface area contributed by atoms with Gasteiger partial charge in [0.2, 0.25) is 11.8 Å². The second-order valence-electron chi connectivity index (χ2n) is 5.39. The van der Waals surface area contributed by atoms with E-state index in [0.717, 1.165) is 5.69 Å². The van der Waals surface area contributed by atoms with Crippen LogP contribution in [0.4, 0.5) is 25.8 Å². The summed E-state index contributed by atoms with van der Waals surface area (Å²) in [6.45, 7) is 0. The molecule has 0 aromatic heterocycles. The van der Waals surface area contributed by atoms with Gasteiger partial charge < -0.3 is 16.0 Å². The molecule has 130 valence electrons. The number of hydrogen-bond donors (Lipinski definition) is 3. The van der Waals surface area contributed by atoms with E-state index in [0.29, 0.717) is 28.0 Å². The molecule has 3 rings (SSSR count). The number of fused-ring (bicyclic) bond motifs is 1. The molecular formula is C17H15F2N3O2S. The molecule has 1 unspecified atom stereocenters. The zero-order valence-electron chi connectivity index (χ0n) is 13.0. The van der Waals surface area contributed by atoms with Crippen LogP contribution in [0, 0.1) is 0 Å². The average Bonchev–Trinajstić information content (AvgIpc) is 2.57. The van der Waals surface area contributed by atoms with Crippen LogP contribution in [0.5, 0.6) is 0 Å². The first-order chi connectivity index (χ1) is 12.0. The summed E-state index contributed by atoms with van der Waals surface area (Å²) in [6.07, 6.45) is -0.0479. The summed E-state index contributed by atoms with van der Waals surface area (Å²) in [5, 5.41) is 8.44. The van der Waals surface area contributed by atoms with Crippen LogP contribution in [0.15, 0.2) is 53.4 Å². The standard InChI is InChI=1S/C17H15F2N3O2S/c18-17(19)25-11-7-5-10(6-8-11)20-15(23)9-14-16(24)22-13-4-2-1-3-12(13)21-14/h1-8,14,17,21H,9H2,(H,20,23)(H,22,24). The minimum Gasteiger partial charge on any atom is -0.372 e. The van der Waals surface area contributed by atoms with Crippen LogP contribution in [0.2, 0.25) is 0 Å². The molecule has 0 spiro atoms. The van der Waals surface area contributed by atoms with Crippen molar-refractivity contribution in [2.75, 3.05) is 16.0 Å². The molecule has 0 saturated heterocycles. The van der Waals surface area contributed by atoms with Crippen LogP contribution in [-0.4, -0.2) is 23.6 Å². The highest BCUT2D eigenvalue weighted by molar-refractivity contribution is 7.99. The van der Waals surface area contributed by atoms with Gasteiger partial charge in [0.05, 0.1) is 17.8 Å². The molecule has 1 aliphatic heterocycles. The molecule has 8 heteroatoms. The van der Waals surface area contributed by atoms with Crippen LogP contribution in [-0.2, 0) is 9.59 Å². The molecule has 5 nitrogen and oxygen atoms in total. The number of hydrogen-bond acceptors (Lipinski definition) is 4. The Balaban J connectivity index is 1.58. The summed E-state index contributed by atoms with van der Waals surface area (Å²) >= 11 is 0.439. The molecule has 1 aliphatic rings. The molecule has 0 aliphatic carbocycles. The molecule has 1 heterocycles. The van der Waals surface area contributed by atoms with Gasteiger partial charge >= 0.3 is 0 Å². The Hall–Kier alpha value is -2.61. The van der Waals surface area contributed by atoms with Crippen LogP contribution < -0.4 is 16.0 Å². The maximum absolute atomic E-state index is 12.3. The molecule has 2 amide bonds. The topological polar surface area (TPSA) is 70.2 Å². The van der Waals surface area contributed by atoms with Crippen molar-refractivity contribution in [1.29, 1.82) is 0 Å². The van der Waals surface area contributed by atoms with Crippen molar-refractivity contribution in [3.05, 3.63) is 48.5 Å². The van der Waals surface area contributed by atoms with Crippen LogP contribution in [0.25, 0.3) is 0 Å². The largest absolute Gasteiger partial charge is 0.372 e. The first-order valence-electron chi connectivity index (χ1n) is 7.52. The number of amides is 2. The zero-order valence-corrected chi connectivity index (χ0v) is 13.8. The zero-order chi connectivity index (χ0) is 17.8. The van der Waals surface area contributed by atoms with E-state index in [1.807, 2.05) is 18.2 Å². The summed E-state index contributed by atoms with van der Waals surface area (Å²) in [7, 11) is 0. The van der Waals surface area contributed by atoms with E-state index in [-0.39, 0.29) is 18.2 Å². The van der Waals surface area contributed by atoms with E-state index in [1.54, 1.807) is 18.2 Å². The van der Waals surface area contributed by atoms with Gasteiger partial charge in [0.1, 0.15) is 6.04 Å². The van der Waals surface area contributed by atoms with Gasteiger partial charge in [0.25, 0.3) is 5.76 Å². The predicted molar refractivity (Wildman–Crippen MR) is 94.0 cm³/mol. The number of halogens is 2. The summed E-state index contributed by atoms with van der Waals surface area (Å²) in [5.41, 5.74) is 1.92. The van der Waals surface area contributed by atoms with Crippen molar-refractivity contribution < 1.29 is 18.4 Å². The van der Waals surface area contributed by atoms with Gasteiger partial charge in [-0.15, -0.1) is 0 Å². The number of thioether (sulfide) groups is 1. The van der Waals surface area contributed by atoms with Crippen LogP contribution in [0.1, 0.15) is 6.42 Å². The molecule has 1 atom stereocenters. The first kappa shape index (κ1) is 17.2. The number of nitrogens with one attached hydrogen (secondary N) is 3. The van der Waals surface area contributed by atoms with Crippen LogP contribution >= 0.6 is 11.8 Å². The Labute approximate surface area is 147 Å². The highest BCUT2D eigenvalue weighted by atomic mass is 32.2. The van der Waals surface area contributed by atoms with Crippen molar-refractivity contribution in [1.82, 2.24) is 0 Å². The van der Waals surface area contributed by atoms with Gasteiger partial charge in [-0.05, 0) is 36.4 Å². The second kappa shape index (κ2) is 7.52. The number of anilines is 3. The van der Waals surface area contributed by atoms with E-state index >= 15 is 0 Å². The number of rotatable bonds is 5. The fourth-order valence-electron chi connectivity index (χ4n) is 2.45.